The van der Waals surface area contributed by atoms with Gasteiger partial charge in [0.05, 0.1) is 26.4 Å². The van der Waals surface area contributed by atoms with Gasteiger partial charge in [0.25, 0.3) is 0 Å². The Kier molecular flexibility index (Phi) is 41.3. The highest BCUT2D eigenvalue weighted by atomic mass is 16.7. The predicted octanol–water partition coefficient (Wildman–Crippen LogP) is 9.97. The van der Waals surface area contributed by atoms with Crippen LogP contribution in [0.15, 0.2) is 24.3 Å². The van der Waals surface area contributed by atoms with Crippen LogP contribution < -0.4 is 0 Å². The van der Waals surface area contributed by atoms with Gasteiger partial charge in [-0.3, -0.25) is 4.79 Å². The van der Waals surface area contributed by atoms with E-state index < -0.39 is 80.7 Å². The fraction of sp³-hybridized carbons (Fsp3) is 0.912. The first-order chi connectivity index (χ1) is 34.6. The van der Waals surface area contributed by atoms with E-state index in [1.165, 1.54) is 161 Å². The summed E-state index contributed by atoms with van der Waals surface area (Å²) in [7, 11) is 0. The van der Waals surface area contributed by atoms with Crippen molar-refractivity contribution < 1.29 is 69.0 Å². The number of aliphatic hydroxyl groups excluding tert-OH is 7. The molecule has 0 aliphatic carbocycles. The number of carbonyl (C=O) groups excluding carboxylic acids is 1. The first kappa shape index (κ1) is 65.6. The highest BCUT2D eigenvalue weighted by Gasteiger charge is 2.47. The molecule has 2 rings (SSSR count). The maximum absolute atomic E-state index is 13.0. The Morgan fingerprint density at radius 3 is 1.35 bits per heavy atom. The van der Waals surface area contributed by atoms with E-state index in [2.05, 4.69) is 38.2 Å². The third kappa shape index (κ3) is 31.8. The molecule has 0 aromatic rings. The van der Waals surface area contributed by atoms with Crippen molar-refractivity contribution >= 4 is 5.97 Å². The number of aliphatic hydroxyl groups is 7. The van der Waals surface area contributed by atoms with E-state index >= 15 is 0 Å². The molecule has 418 valence electrons. The zero-order valence-corrected chi connectivity index (χ0v) is 44.7. The monoisotopic (exact) mass is 1010 g/mol. The lowest BCUT2D eigenvalue weighted by atomic mass is 9.98. The lowest BCUT2D eigenvalue weighted by Crippen LogP contribution is -2.61. The first-order valence-electron chi connectivity index (χ1n) is 28.9. The molecule has 7 N–H and O–H groups in total. The van der Waals surface area contributed by atoms with Crippen molar-refractivity contribution in [1.82, 2.24) is 0 Å². The van der Waals surface area contributed by atoms with Gasteiger partial charge in [-0.2, -0.15) is 0 Å². The highest BCUT2D eigenvalue weighted by molar-refractivity contribution is 5.69. The molecule has 0 amide bonds. The molecule has 0 aromatic heterocycles. The minimum Gasteiger partial charge on any atom is -0.457 e. The summed E-state index contributed by atoms with van der Waals surface area (Å²) in [6.45, 7) is 3.70. The molecule has 71 heavy (non-hydrogen) atoms. The van der Waals surface area contributed by atoms with Gasteiger partial charge in [-0.25, -0.2) is 0 Å². The standard InChI is InChI=1S/C57H106O14/c1-3-5-7-9-11-13-15-16-17-18-19-20-21-22-23-24-25-26-27-28-29-31-33-35-37-39-41-66-43-46(69-49(59)40-38-36-34-32-30-14-12-10-8-6-4-2)44-67-56-55(65)53(63)51(61)48(71-56)45-68-57-54(64)52(62)50(60)47(42-58)70-57/h15-16,18-19,46-48,50-58,60-65H,3-14,17,20-45H2,1-2H3/b16-15-,19-18-. The Morgan fingerprint density at radius 1 is 0.465 bits per heavy atom. The minimum atomic E-state index is -1.70. The Labute approximate surface area is 430 Å². The molecule has 2 aliphatic rings. The molecule has 0 spiro atoms. The van der Waals surface area contributed by atoms with Gasteiger partial charge in [0.15, 0.2) is 12.6 Å². The third-order valence-corrected chi connectivity index (χ3v) is 14.0. The summed E-state index contributed by atoms with van der Waals surface area (Å²) in [5.74, 6) is -0.374. The molecule has 0 radical (unpaired) electrons. The number of rotatable bonds is 47. The summed E-state index contributed by atoms with van der Waals surface area (Å²) in [6, 6.07) is 0. The second kappa shape index (κ2) is 44.7. The second-order valence-electron chi connectivity index (χ2n) is 20.5. The van der Waals surface area contributed by atoms with Crippen molar-refractivity contribution in [2.75, 3.05) is 33.0 Å². The van der Waals surface area contributed by atoms with Crippen LogP contribution in [0.2, 0.25) is 0 Å². The number of allylic oxidation sites excluding steroid dienone is 4. The summed E-state index contributed by atoms with van der Waals surface area (Å²) in [6.07, 6.45) is 34.0. The van der Waals surface area contributed by atoms with Crippen LogP contribution in [0.4, 0.5) is 0 Å². The molecule has 2 aliphatic heterocycles. The lowest BCUT2D eigenvalue weighted by Gasteiger charge is -2.42. The predicted molar refractivity (Wildman–Crippen MR) is 280 cm³/mol. The maximum Gasteiger partial charge on any atom is 0.306 e. The zero-order chi connectivity index (χ0) is 51.6. The molecule has 0 aromatic carbocycles. The van der Waals surface area contributed by atoms with Gasteiger partial charge < -0.3 is 64.2 Å². The van der Waals surface area contributed by atoms with Gasteiger partial charge in [-0.05, 0) is 44.9 Å². The third-order valence-electron chi connectivity index (χ3n) is 14.0. The van der Waals surface area contributed by atoms with Crippen molar-refractivity contribution in [2.45, 2.75) is 300 Å². The van der Waals surface area contributed by atoms with E-state index in [-0.39, 0.29) is 25.6 Å². The summed E-state index contributed by atoms with van der Waals surface area (Å²) in [5.41, 5.74) is 0. The fourth-order valence-corrected chi connectivity index (χ4v) is 9.26. The maximum atomic E-state index is 13.0. The number of esters is 1. The van der Waals surface area contributed by atoms with Crippen LogP contribution in [0, 0.1) is 0 Å². The van der Waals surface area contributed by atoms with Crippen LogP contribution in [0.1, 0.15) is 232 Å². The van der Waals surface area contributed by atoms with Crippen LogP contribution in [0.5, 0.6) is 0 Å². The Hall–Kier alpha value is -1.53. The largest absolute Gasteiger partial charge is 0.457 e. The fourth-order valence-electron chi connectivity index (χ4n) is 9.26. The number of carbonyl (C=O) groups is 1. The number of ether oxygens (including phenoxy) is 6. The quantitative estimate of drug-likeness (QED) is 0.0172. The second-order valence-corrected chi connectivity index (χ2v) is 20.5. The topological polar surface area (TPSA) is 214 Å². The Balaban J connectivity index is 1.65. The molecule has 11 unspecified atom stereocenters. The molecule has 14 nitrogen and oxygen atoms in total. The van der Waals surface area contributed by atoms with Crippen LogP contribution in [0.3, 0.4) is 0 Å². The smallest absolute Gasteiger partial charge is 0.306 e. The average Bonchev–Trinajstić information content (AvgIpc) is 3.37. The number of hydrogen-bond acceptors (Lipinski definition) is 14. The van der Waals surface area contributed by atoms with Gasteiger partial charge in [0, 0.05) is 13.0 Å². The molecule has 0 bridgehead atoms. The van der Waals surface area contributed by atoms with Crippen LogP contribution in [0.25, 0.3) is 0 Å². The van der Waals surface area contributed by atoms with Gasteiger partial charge in [-0.15, -0.1) is 0 Å². The van der Waals surface area contributed by atoms with Gasteiger partial charge in [0.2, 0.25) is 0 Å². The summed E-state index contributed by atoms with van der Waals surface area (Å²) in [4.78, 5) is 13.0. The molecular formula is C57H106O14. The van der Waals surface area contributed by atoms with E-state index in [1.807, 2.05) is 0 Å². The molecule has 14 heteroatoms. The van der Waals surface area contributed by atoms with Crippen LogP contribution in [-0.2, 0) is 33.2 Å². The molecule has 2 heterocycles. The van der Waals surface area contributed by atoms with Crippen molar-refractivity contribution in [3.05, 3.63) is 24.3 Å². The molecule has 0 saturated carbocycles. The van der Waals surface area contributed by atoms with E-state index in [9.17, 15) is 40.5 Å². The minimum absolute atomic E-state index is 0.0659. The SMILES string of the molecule is CCCCCCC/C=C\C/C=C\CCCCCCCCCCCCCCCCOCC(COC1OC(COC2OC(CO)C(O)C(O)C2O)C(O)C(O)C1O)OC(=O)CCCCCCCCCCCCC. The summed E-state index contributed by atoms with van der Waals surface area (Å²) in [5, 5.41) is 72.2. The van der Waals surface area contributed by atoms with E-state index in [1.54, 1.807) is 0 Å². The summed E-state index contributed by atoms with van der Waals surface area (Å²) >= 11 is 0. The van der Waals surface area contributed by atoms with Crippen molar-refractivity contribution in [3.8, 4) is 0 Å². The van der Waals surface area contributed by atoms with Crippen molar-refractivity contribution in [1.29, 1.82) is 0 Å². The molecule has 2 fully saturated rings. The van der Waals surface area contributed by atoms with E-state index in [0.717, 1.165) is 44.9 Å². The van der Waals surface area contributed by atoms with Crippen molar-refractivity contribution in [3.63, 3.8) is 0 Å². The van der Waals surface area contributed by atoms with E-state index in [0.29, 0.717) is 13.0 Å². The number of hydrogen-bond donors (Lipinski definition) is 7. The van der Waals surface area contributed by atoms with Crippen LogP contribution >= 0.6 is 0 Å². The first-order valence-corrected chi connectivity index (χ1v) is 28.9. The van der Waals surface area contributed by atoms with Crippen molar-refractivity contribution in [2.24, 2.45) is 0 Å². The van der Waals surface area contributed by atoms with Gasteiger partial charge >= 0.3 is 5.97 Å². The highest BCUT2D eigenvalue weighted by Crippen LogP contribution is 2.27. The molecule has 2 saturated heterocycles. The zero-order valence-electron chi connectivity index (χ0n) is 44.7. The van der Waals surface area contributed by atoms with Gasteiger partial charge in [-0.1, -0.05) is 205 Å². The molecular weight excluding hydrogens is 909 g/mol. The molecule has 11 atom stereocenters. The lowest BCUT2D eigenvalue weighted by molar-refractivity contribution is -0.332. The Morgan fingerprint density at radius 2 is 0.873 bits per heavy atom. The number of unbranched alkanes of at least 4 members (excludes halogenated alkanes) is 29. The van der Waals surface area contributed by atoms with Crippen LogP contribution in [-0.4, -0.2) is 142 Å². The van der Waals surface area contributed by atoms with Gasteiger partial charge in [0.1, 0.15) is 54.9 Å². The Bertz CT molecular complexity index is 1270. The van der Waals surface area contributed by atoms with E-state index in [4.69, 9.17) is 28.4 Å². The summed E-state index contributed by atoms with van der Waals surface area (Å²) < 4.78 is 34.3. The average molecular weight is 1020 g/mol. The normalized spacial score (nSPS) is 25.4.